The molecule has 30 heavy (non-hydrogen) atoms. The number of benzene rings is 3. The minimum Gasteiger partial charge on any atom is -0.350 e. The summed E-state index contributed by atoms with van der Waals surface area (Å²) in [4.78, 5) is 27.7. The molecule has 152 valence electrons. The molecule has 1 aliphatic heterocycles. The largest absolute Gasteiger partial charge is 0.350 e. The van der Waals surface area contributed by atoms with Crippen LogP contribution in [0.15, 0.2) is 84.9 Å². The van der Waals surface area contributed by atoms with Gasteiger partial charge in [-0.3, -0.25) is 9.59 Å². The minimum atomic E-state index is -0.778. The van der Waals surface area contributed by atoms with Crippen LogP contribution in [0.25, 0.3) is 0 Å². The van der Waals surface area contributed by atoms with E-state index in [1.807, 2.05) is 60.7 Å². The first kappa shape index (κ1) is 19.8. The number of carbonyl (C=O) groups is 2. The van der Waals surface area contributed by atoms with E-state index >= 15 is 0 Å². The Morgan fingerprint density at radius 3 is 2.03 bits per heavy atom. The van der Waals surface area contributed by atoms with Gasteiger partial charge in [0.25, 0.3) is 0 Å². The molecule has 0 atom stereocenters. The van der Waals surface area contributed by atoms with Gasteiger partial charge in [0, 0.05) is 13.1 Å². The zero-order chi connectivity index (χ0) is 21.0. The maximum absolute atomic E-state index is 13.6. The predicted octanol–water partition coefficient (Wildman–Crippen LogP) is 3.66. The summed E-state index contributed by atoms with van der Waals surface area (Å²) < 4.78 is 13.0. The highest BCUT2D eigenvalue weighted by atomic mass is 19.1. The van der Waals surface area contributed by atoms with E-state index in [-0.39, 0.29) is 24.2 Å². The summed E-state index contributed by atoms with van der Waals surface area (Å²) in [5, 5.41) is 2.82. The van der Waals surface area contributed by atoms with Crippen LogP contribution in [0.3, 0.4) is 0 Å². The Kier molecular flexibility index (Phi) is 5.61. The minimum absolute atomic E-state index is 0.00143. The van der Waals surface area contributed by atoms with Gasteiger partial charge in [-0.25, -0.2) is 4.39 Å². The van der Waals surface area contributed by atoms with Crippen LogP contribution in [0.1, 0.15) is 23.1 Å². The van der Waals surface area contributed by atoms with Gasteiger partial charge in [0.2, 0.25) is 11.8 Å². The van der Waals surface area contributed by atoms with Crippen molar-refractivity contribution in [3.8, 4) is 0 Å². The quantitative estimate of drug-likeness (QED) is 0.684. The zero-order valence-electron chi connectivity index (χ0n) is 16.6. The molecular formula is C25H23FN2O2. The van der Waals surface area contributed by atoms with Crippen LogP contribution in [0.4, 0.5) is 4.39 Å². The monoisotopic (exact) mass is 402 g/mol. The molecule has 1 aliphatic rings. The van der Waals surface area contributed by atoms with Crippen LogP contribution in [-0.4, -0.2) is 29.8 Å². The van der Waals surface area contributed by atoms with Gasteiger partial charge in [0.15, 0.2) is 0 Å². The Morgan fingerprint density at radius 2 is 1.47 bits per heavy atom. The Hall–Kier alpha value is -3.47. The van der Waals surface area contributed by atoms with E-state index in [4.69, 9.17) is 0 Å². The van der Waals surface area contributed by atoms with Crippen molar-refractivity contribution < 1.29 is 14.0 Å². The zero-order valence-corrected chi connectivity index (χ0v) is 16.6. The van der Waals surface area contributed by atoms with E-state index in [9.17, 15) is 14.0 Å². The first-order valence-electron chi connectivity index (χ1n) is 10.0. The van der Waals surface area contributed by atoms with E-state index in [1.54, 1.807) is 17.0 Å². The number of hydrogen-bond acceptors (Lipinski definition) is 2. The summed E-state index contributed by atoms with van der Waals surface area (Å²) in [6.45, 7) is 0.803. The molecule has 3 aromatic rings. The van der Waals surface area contributed by atoms with E-state index < -0.39 is 5.41 Å². The van der Waals surface area contributed by atoms with Crippen molar-refractivity contribution in [2.75, 3.05) is 13.1 Å². The third-order valence-electron chi connectivity index (χ3n) is 5.68. The lowest BCUT2D eigenvalue weighted by Crippen LogP contribution is -2.43. The lowest BCUT2D eigenvalue weighted by atomic mass is 9.73. The van der Waals surface area contributed by atoms with Crippen LogP contribution >= 0.6 is 0 Å². The molecule has 0 spiro atoms. The Morgan fingerprint density at radius 1 is 0.900 bits per heavy atom. The summed E-state index contributed by atoms with van der Waals surface area (Å²) in [5.74, 6) is -0.604. The van der Waals surface area contributed by atoms with E-state index in [0.717, 1.165) is 16.7 Å². The standard InChI is InChI=1S/C25H23FN2O2/c26-22-13-11-19(12-14-22)17-27-23(29)18-28-16-15-25(24(28)30,20-7-3-1-4-8-20)21-9-5-2-6-10-21/h1-14H,15-18H2,(H,27,29). The number of amides is 2. The summed E-state index contributed by atoms with van der Waals surface area (Å²) >= 11 is 0. The van der Waals surface area contributed by atoms with Gasteiger partial charge in [0.05, 0.1) is 6.54 Å². The highest BCUT2D eigenvalue weighted by Crippen LogP contribution is 2.41. The highest BCUT2D eigenvalue weighted by Gasteiger charge is 2.49. The van der Waals surface area contributed by atoms with Crippen molar-refractivity contribution in [3.05, 3.63) is 107 Å². The summed E-state index contributed by atoms with van der Waals surface area (Å²) in [7, 11) is 0. The van der Waals surface area contributed by atoms with Crippen molar-refractivity contribution in [1.29, 1.82) is 0 Å². The van der Waals surface area contributed by atoms with Crippen LogP contribution in [0.2, 0.25) is 0 Å². The molecule has 4 rings (SSSR count). The van der Waals surface area contributed by atoms with Crippen molar-refractivity contribution in [3.63, 3.8) is 0 Å². The first-order chi connectivity index (χ1) is 14.6. The molecule has 1 heterocycles. The molecule has 0 radical (unpaired) electrons. The molecule has 4 nitrogen and oxygen atoms in total. The second-order valence-corrected chi connectivity index (χ2v) is 7.52. The molecular weight excluding hydrogens is 379 g/mol. The normalized spacial score (nSPS) is 15.2. The Bertz CT molecular complexity index is 981. The first-order valence-corrected chi connectivity index (χ1v) is 10.0. The average Bonchev–Trinajstić information content (AvgIpc) is 3.11. The number of hydrogen-bond donors (Lipinski definition) is 1. The van der Waals surface area contributed by atoms with Crippen molar-refractivity contribution in [1.82, 2.24) is 10.2 Å². The number of halogens is 1. The fourth-order valence-electron chi connectivity index (χ4n) is 4.11. The lowest BCUT2D eigenvalue weighted by Gasteiger charge is -2.29. The number of likely N-dealkylation sites (tertiary alicyclic amines) is 1. The second-order valence-electron chi connectivity index (χ2n) is 7.52. The van der Waals surface area contributed by atoms with Gasteiger partial charge in [0.1, 0.15) is 11.2 Å². The van der Waals surface area contributed by atoms with E-state index in [0.29, 0.717) is 19.5 Å². The third kappa shape index (κ3) is 3.83. The van der Waals surface area contributed by atoms with Gasteiger partial charge < -0.3 is 10.2 Å². The molecule has 1 saturated heterocycles. The molecule has 0 aliphatic carbocycles. The SMILES string of the molecule is O=C(CN1CCC(c2ccccc2)(c2ccccc2)C1=O)NCc1ccc(F)cc1. The van der Waals surface area contributed by atoms with Gasteiger partial charge in [-0.05, 0) is 35.2 Å². The Balaban J connectivity index is 1.50. The fourth-order valence-corrected chi connectivity index (χ4v) is 4.11. The highest BCUT2D eigenvalue weighted by molar-refractivity contribution is 5.96. The summed E-state index contributed by atoms with van der Waals surface area (Å²) in [5.41, 5.74) is 1.91. The van der Waals surface area contributed by atoms with Crippen molar-refractivity contribution in [2.45, 2.75) is 18.4 Å². The fraction of sp³-hybridized carbons (Fsp3) is 0.200. The van der Waals surface area contributed by atoms with E-state index in [1.165, 1.54) is 12.1 Å². The number of carbonyl (C=O) groups excluding carboxylic acids is 2. The number of rotatable bonds is 6. The molecule has 3 aromatic carbocycles. The molecule has 0 aromatic heterocycles. The Labute approximate surface area is 175 Å². The maximum atomic E-state index is 13.6. The number of nitrogens with one attached hydrogen (secondary N) is 1. The molecule has 5 heteroatoms. The van der Waals surface area contributed by atoms with Crippen LogP contribution in [0, 0.1) is 5.82 Å². The molecule has 1 N–H and O–H groups in total. The smallest absolute Gasteiger partial charge is 0.239 e. The van der Waals surface area contributed by atoms with Gasteiger partial charge >= 0.3 is 0 Å². The molecule has 0 unspecified atom stereocenters. The molecule has 0 saturated carbocycles. The van der Waals surface area contributed by atoms with Crippen LogP contribution in [-0.2, 0) is 21.5 Å². The van der Waals surface area contributed by atoms with Crippen molar-refractivity contribution in [2.24, 2.45) is 0 Å². The maximum Gasteiger partial charge on any atom is 0.239 e. The van der Waals surface area contributed by atoms with Gasteiger partial charge in [-0.1, -0.05) is 72.8 Å². The summed E-state index contributed by atoms with van der Waals surface area (Å²) in [6.07, 6.45) is 0.616. The predicted molar refractivity (Wildman–Crippen MR) is 113 cm³/mol. The third-order valence-corrected chi connectivity index (χ3v) is 5.68. The molecule has 0 bridgehead atoms. The molecule has 2 amide bonds. The van der Waals surface area contributed by atoms with Crippen LogP contribution < -0.4 is 5.32 Å². The van der Waals surface area contributed by atoms with Crippen molar-refractivity contribution >= 4 is 11.8 Å². The second kappa shape index (κ2) is 8.49. The van der Waals surface area contributed by atoms with Gasteiger partial charge in [-0.15, -0.1) is 0 Å². The van der Waals surface area contributed by atoms with Gasteiger partial charge in [-0.2, -0.15) is 0 Å². The van der Waals surface area contributed by atoms with Crippen LogP contribution in [0.5, 0.6) is 0 Å². The average molecular weight is 402 g/mol. The molecule has 1 fully saturated rings. The van der Waals surface area contributed by atoms with E-state index in [2.05, 4.69) is 5.32 Å². The summed E-state index contributed by atoms with van der Waals surface area (Å²) in [6, 6.07) is 25.5. The topological polar surface area (TPSA) is 49.4 Å². The lowest BCUT2D eigenvalue weighted by molar-refractivity contribution is -0.135. The number of nitrogens with zero attached hydrogens (tertiary/aromatic N) is 1.